The molecule has 0 spiro atoms. The first-order valence-corrected chi connectivity index (χ1v) is 7.34. The number of aryl methyl sites for hydroxylation is 1. The minimum atomic E-state index is -0.262. The molecule has 0 saturated carbocycles. The molecule has 1 N–H and O–H groups in total. The van der Waals surface area contributed by atoms with Crippen molar-refractivity contribution in [3.63, 3.8) is 0 Å². The van der Waals surface area contributed by atoms with Crippen LogP contribution in [0, 0.1) is 12.8 Å². The van der Waals surface area contributed by atoms with Gasteiger partial charge in [-0.25, -0.2) is 0 Å². The van der Waals surface area contributed by atoms with E-state index in [0.29, 0.717) is 17.8 Å². The summed E-state index contributed by atoms with van der Waals surface area (Å²) < 4.78 is 0. The normalized spacial score (nSPS) is 17.5. The van der Waals surface area contributed by atoms with Gasteiger partial charge in [0, 0.05) is 12.1 Å². The number of rotatable bonds is 1. The van der Waals surface area contributed by atoms with E-state index in [1.807, 2.05) is 62.4 Å². The largest absolute Gasteiger partial charge is 0.324 e. The van der Waals surface area contributed by atoms with Gasteiger partial charge in [-0.15, -0.1) is 0 Å². The molecule has 0 aliphatic carbocycles. The Morgan fingerprint density at radius 3 is 2.55 bits per heavy atom. The van der Waals surface area contributed by atoms with Crippen LogP contribution >= 0.6 is 0 Å². The average molecular weight is 294 g/mol. The van der Waals surface area contributed by atoms with Crippen LogP contribution in [0.1, 0.15) is 22.8 Å². The quantitative estimate of drug-likeness (QED) is 0.878. The van der Waals surface area contributed by atoms with Crippen molar-refractivity contribution in [2.45, 2.75) is 13.8 Å². The third-order valence-corrected chi connectivity index (χ3v) is 3.90. The zero-order chi connectivity index (χ0) is 15.7. The molecule has 1 heterocycles. The van der Waals surface area contributed by atoms with Crippen molar-refractivity contribution in [2.75, 3.05) is 16.8 Å². The van der Waals surface area contributed by atoms with Crippen LogP contribution < -0.4 is 10.2 Å². The maximum absolute atomic E-state index is 12.9. The second-order valence-corrected chi connectivity index (χ2v) is 5.69. The summed E-state index contributed by atoms with van der Waals surface area (Å²) in [5.41, 5.74) is 3.16. The van der Waals surface area contributed by atoms with Gasteiger partial charge in [0.2, 0.25) is 5.91 Å². The Hall–Kier alpha value is -2.62. The standard InChI is InChI=1S/C18H18N2O2/c1-12-7-9-14(10-8-12)18(22)20-11-13(2)17(21)19-15-5-3-4-6-16(15)20/h3-10,13H,11H2,1-2H3,(H,19,21)/t13-/m1/s1. The topological polar surface area (TPSA) is 49.4 Å². The summed E-state index contributed by atoms with van der Waals surface area (Å²) in [4.78, 5) is 26.6. The van der Waals surface area contributed by atoms with Crippen LogP contribution in [0.25, 0.3) is 0 Å². The molecule has 1 aliphatic rings. The number of nitrogens with one attached hydrogen (secondary N) is 1. The van der Waals surface area contributed by atoms with Crippen LogP contribution in [-0.2, 0) is 4.79 Å². The van der Waals surface area contributed by atoms with E-state index in [1.165, 1.54) is 0 Å². The van der Waals surface area contributed by atoms with Crippen LogP contribution in [0.15, 0.2) is 48.5 Å². The number of carbonyl (C=O) groups excluding carboxylic acids is 2. The Morgan fingerprint density at radius 1 is 1.14 bits per heavy atom. The highest BCUT2D eigenvalue weighted by Crippen LogP contribution is 2.31. The van der Waals surface area contributed by atoms with Gasteiger partial charge in [0.1, 0.15) is 0 Å². The molecule has 2 aromatic rings. The van der Waals surface area contributed by atoms with E-state index in [1.54, 1.807) is 4.90 Å². The Balaban J connectivity index is 2.02. The predicted octanol–water partition coefficient (Wildman–Crippen LogP) is 3.23. The van der Waals surface area contributed by atoms with Gasteiger partial charge < -0.3 is 10.2 Å². The number of benzene rings is 2. The molecule has 0 unspecified atom stereocenters. The zero-order valence-electron chi connectivity index (χ0n) is 12.7. The molecule has 0 bridgehead atoms. The fourth-order valence-corrected chi connectivity index (χ4v) is 2.57. The van der Waals surface area contributed by atoms with Gasteiger partial charge in [0.15, 0.2) is 0 Å². The summed E-state index contributed by atoms with van der Waals surface area (Å²) in [7, 11) is 0. The lowest BCUT2D eigenvalue weighted by atomic mass is 10.1. The van der Waals surface area contributed by atoms with E-state index in [0.717, 1.165) is 11.3 Å². The Labute approximate surface area is 129 Å². The lowest BCUT2D eigenvalue weighted by molar-refractivity contribution is -0.119. The third kappa shape index (κ3) is 2.60. The molecule has 0 radical (unpaired) electrons. The molecular weight excluding hydrogens is 276 g/mol. The molecule has 3 rings (SSSR count). The van der Waals surface area contributed by atoms with E-state index < -0.39 is 0 Å². The van der Waals surface area contributed by atoms with Crippen molar-refractivity contribution in [3.05, 3.63) is 59.7 Å². The SMILES string of the molecule is Cc1ccc(C(=O)N2C[C@@H](C)C(=O)Nc3ccccc32)cc1. The van der Waals surface area contributed by atoms with Gasteiger partial charge >= 0.3 is 0 Å². The predicted molar refractivity (Wildman–Crippen MR) is 87.1 cm³/mol. The van der Waals surface area contributed by atoms with E-state index in [-0.39, 0.29) is 17.7 Å². The van der Waals surface area contributed by atoms with Gasteiger partial charge in [-0.05, 0) is 31.2 Å². The minimum absolute atomic E-state index is 0.0633. The second kappa shape index (κ2) is 5.64. The minimum Gasteiger partial charge on any atom is -0.324 e. The van der Waals surface area contributed by atoms with Crippen LogP contribution in [0.5, 0.6) is 0 Å². The highest BCUT2D eigenvalue weighted by atomic mass is 16.2. The number of para-hydroxylation sites is 2. The maximum Gasteiger partial charge on any atom is 0.258 e. The number of nitrogens with zero attached hydrogens (tertiary/aromatic N) is 1. The lowest BCUT2D eigenvalue weighted by Gasteiger charge is -2.23. The van der Waals surface area contributed by atoms with Gasteiger partial charge in [-0.2, -0.15) is 0 Å². The fourth-order valence-electron chi connectivity index (χ4n) is 2.57. The van der Waals surface area contributed by atoms with Crippen LogP contribution in [0.2, 0.25) is 0 Å². The monoisotopic (exact) mass is 294 g/mol. The van der Waals surface area contributed by atoms with Gasteiger partial charge in [0.25, 0.3) is 5.91 Å². The number of amides is 2. The number of carbonyl (C=O) groups is 2. The molecule has 0 fully saturated rings. The Kier molecular flexibility index (Phi) is 3.67. The molecule has 2 aromatic carbocycles. The van der Waals surface area contributed by atoms with Crippen molar-refractivity contribution < 1.29 is 9.59 Å². The molecule has 0 saturated heterocycles. The van der Waals surface area contributed by atoms with E-state index >= 15 is 0 Å². The highest BCUT2D eigenvalue weighted by molar-refractivity contribution is 6.10. The number of fused-ring (bicyclic) bond motifs is 1. The van der Waals surface area contributed by atoms with E-state index in [9.17, 15) is 9.59 Å². The number of hydrogen-bond acceptors (Lipinski definition) is 2. The summed E-state index contributed by atoms with van der Waals surface area (Å²) in [6, 6.07) is 14.9. The zero-order valence-corrected chi connectivity index (χ0v) is 12.7. The number of hydrogen-bond donors (Lipinski definition) is 1. The van der Waals surface area contributed by atoms with Crippen molar-refractivity contribution in [2.24, 2.45) is 5.92 Å². The first kappa shape index (κ1) is 14.3. The molecular formula is C18H18N2O2. The molecule has 4 heteroatoms. The third-order valence-electron chi connectivity index (χ3n) is 3.90. The summed E-state index contributed by atoms with van der Waals surface area (Å²) in [5.74, 6) is -0.413. The van der Waals surface area contributed by atoms with Gasteiger partial charge in [-0.1, -0.05) is 36.8 Å². The summed E-state index contributed by atoms with van der Waals surface area (Å²) in [6.07, 6.45) is 0. The molecule has 1 atom stereocenters. The number of anilines is 2. The molecule has 0 aromatic heterocycles. The Morgan fingerprint density at radius 2 is 1.82 bits per heavy atom. The van der Waals surface area contributed by atoms with Crippen molar-refractivity contribution in [1.82, 2.24) is 0 Å². The summed E-state index contributed by atoms with van der Waals surface area (Å²) in [5, 5.41) is 2.88. The van der Waals surface area contributed by atoms with E-state index in [4.69, 9.17) is 0 Å². The lowest BCUT2D eigenvalue weighted by Crippen LogP contribution is -2.35. The summed E-state index contributed by atoms with van der Waals surface area (Å²) >= 11 is 0. The van der Waals surface area contributed by atoms with Crippen LogP contribution in [0.3, 0.4) is 0 Å². The Bertz CT molecular complexity index is 722. The van der Waals surface area contributed by atoms with Crippen molar-refractivity contribution in [3.8, 4) is 0 Å². The first-order valence-electron chi connectivity index (χ1n) is 7.34. The van der Waals surface area contributed by atoms with Crippen LogP contribution in [0.4, 0.5) is 11.4 Å². The van der Waals surface area contributed by atoms with Gasteiger partial charge in [-0.3, -0.25) is 9.59 Å². The maximum atomic E-state index is 12.9. The molecule has 22 heavy (non-hydrogen) atoms. The molecule has 2 amide bonds. The van der Waals surface area contributed by atoms with E-state index in [2.05, 4.69) is 5.32 Å². The molecule has 112 valence electrons. The second-order valence-electron chi connectivity index (χ2n) is 5.69. The van der Waals surface area contributed by atoms with Crippen LogP contribution in [-0.4, -0.2) is 18.4 Å². The molecule has 4 nitrogen and oxygen atoms in total. The first-order chi connectivity index (χ1) is 10.6. The highest BCUT2D eigenvalue weighted by Gasteiger charge is 2.28. The van der Waals surface area contributed by atoms with Crippen molar-refractivity contribution in [1.29, 1.82) is 0 Å². The average Bonchev–Trinajstić information content (AvgIpc) is 2.65. The van der Waals surface area contributed by atoms with Gasteiger partial charge in [0.05, 0.1) is 17.3 Å². The summed E-state index contributed by atoms with van der Waals surface area (Å²) in [6.45, 7) is 4.19. The van der Waals surface area contributed by atoms with Crippen molar-refractivity contribution >= 4 is 23.2 Å². The molecule has 1 aliphatic heterocycles. The fraction of sp³-hybridized carbons (Fsp3) is 0.222. The smallest absolute Gasteiger partial charge is 0.258 e.